The number of pyridine rings is 1. The van der Waals surface area contributed by atoms with Gasteiger partial charge >= 0.3 is 6.01 Å². The molecule has 0 radical (unpaired) electrons. The lowest BCUT2D eigenvalue weighted by Gasteiger charge is -2.31. The van der Waals surface area contributed by atoms with Crippen LogP contribution in [-0.4, -0.2) is 105 Å². The number of β-amino-alcohol motifs (C(OH)–C–C–N with tert-alkyl or cyclic N) is 1. The molecule has 14 heteroatoms. The van der Waals surface area contributed by atoms with Gasteiger partial charge in [0.25, 0.3) is 0 Å². The fourth-order valence-corrected chi connectivity index (χ4v) is 10.8. The molecule has 1 unspecified atom stereocenters. The molecule has 4 aliphatic rings. The van der Waals surface area contributed by atoms with E-state index in [2.05, 4.69) is 30.6 Å². The molecule has 5 aromatic rings. The molecule has 11 nitrogen and oxygen atoms in total. The molecule has 1 N–H and O–H groups in total. The van der Waals surface area contributed by atoms with Gasteiger partial charge in [-0.1, -0.05) is 32.4 Å². The number of aliphatic hydroxyl groups is 1. The molecule has 0 amide bonds. The van der Waals surface area contributed by atoms with Gasteiger partial charge in [0, 0.05) is 53.7 Å². The molecule has 4 saturated heterocycles. The summed E-state index contributed by atoms with van der Waals surface area (Å²) in [6.07, 6.45) is 8.15. The molecule has 0 spiro atoms. The summed E-state index contributed by atoms with van der Waals surface area (Å²) in [5.74, 6) is 0.671. The van der Waals surface area contributed by atoms with Crippen molar-refractivity contribution >= 4 is 60.0 Å². The number of halogens is 2. The van der Waals surface area contributed by atoms with Crippen LogP contribution in [-0.2, 0) is 14.9 Å². The first-order valence-electron chi connectivity index (χ1n) is 18.9. The summed E-state index contributed by atoms with van der Waals surface area (Å²) in [6.45, 7) is 12.2. The quantitative estimate of drug-likeness (QED) is 0.187. The SMILES string of the molecule is CC(C)(C)c1c(Cl)cc2c(cnn2C2CCCCO2)c1-c1nccc2c1sc1nc(OC[C@@]34CCCN3C[C@H](F)C4)nc(N3CCOC[C@@](C)(O)C3)c12. The fourth-order valence-electron chi connectivity index (χ4n) is 9.15. The number of rotatable bonds is 6. The van der Waals surface area contributed by atoms with Crippen LogP contribution in [0.2, 0.25) is 5.02 Å². The zero-order chi connectivity index (χ0) is 36.7. The summed E-state index contributed by atoms with van der Waals surface area (Å²) in [4.78, 5) is 20.3. The Hall–Kier alpha value is -3.20. The van der Waals surface area contributed by atoms with Gasteiger partial charge in [0.2, 0.25) is 0 Å². The second-order valence-electron chi connectivity index (χ2n) is 16.7. The van der Waals surface area contributed by atoms with Crippen molar-refractivity contribution in [2.45, 2.75) is 95.2 Å². The van der Waals surface area contributed by atoms with Gasteiger partial charge in [0.1, 0.15) is 29.0 Å². The van der Waals surface area contributed by atoms with Crippen molar-refractivity contribution in [1.29, 1.82) is 0 Å². The molecule has 0 saturated carbocycles. The molecule has 282 valence electrons. The van der Waals surface area contributed by atoms with E-state index in [1.165, 1.54) is 0 Å². The lowest BCUT2D eigenvalue weighted by molar-refractivity contribution is -0.0366. The Morgan fingerprint density at radius 3 is 2.83 bits per heavy atom. The predicted octanol–water partition coefficient (Wildman–Crippen LogP) is 7.45. The number of thiophene rings is 1. The van der Waals surface area contributed by atoms with E-state index in [0.29, 0.717) is 56.7 Å². The Balaban J connectivity index is 1.23. The largest absolute Gasteiger partial charge is 0.461 e. The summed E-state index contributed by atoms with van der Waals surface area (Å²) < 4.78 is 36.1. The molecule has 9 rings (SSSR count). The summed E-state index contributed by atoms with van der Waals surface area (Å²) in [5, 5.41) is 19.6. The van der Waals surface area contributed by atoms with Crippen molar-refractivity contribution < 1.29 is 23.7 Å². The van der Waals surface area contributed by atoms with E-state index < -0.39 is 11.8 Å². The van der Waals surface area contributed by atoms with Gasteiger partial charge in [-0.3, -0.25) is 9.88 Å². The van der Waals surface area contributed by atoms with E-state index in [-0.39, 0.29) is 29.8 Å². The third kappa shape index (κ3) is 6.25. The van der Waals surface area contributed by atoms with Gasteiger partial charge < -0.3 is 24.2 Å². The topological polar surface area (TPSA) is 111 Å². The van der Waals surface area contributed by atoms with Gasteiger partial charge in [-0.05, 0) is 68.7 Å². The highest BCUT2D eigenvalue weighted by molar-refractivity contribution is 7.26. The minimum Gasteiger partial charge on any atom is -0.461 e. The van der Waals surface area contributed by atoms with Crippen molar-refractivity contribution in [1.82, 2.24) is 29.6 Å². The fraction of sp³-hybridized carbons (Fsp3) is 0.590. The number of hydrogen-bond acceptors (Lipinski definition) is 11. The number of alkyl halides is 1. The summed E-state index contributed by atoms with van der Waals surface area (Å²) in [6, 6.07) is 4.29. The van der Waals surface area contributed by atoms with E-state index in [4.69, 9.17) is 45.9 Å². The monoisotopic (exact) mass is 763 g/mol. The lowest BCUT2D eigenvalue weighted by Crippen LogP contribution is -2.43. The molecule has 53 heavy (non-hydrogen) atoms. The van der Waals surface area contributed by atoms with E-state index in [9.17, 15) is 9.50 Å². The minimum atomic E-state index is -1.09. The number of hydrogen-bond donors (Lipinski definition) is 1. The summed E-state index contributed by atoms with van der Waals surface area (Å²) >= 11 is 8.80. The smallest absolute Gasteiger partial charge is 0.319 e. The Morgan fingerprint density at radius 1 is 1.15 bits per heavy atom. The van der Waals surface area contributed by atoms with Gasteiger partial charge in [0.05, 0.1) is 52.8 Å². The predicted molar refractivity (Wildman–Crippen MR) is 206 cm³/mol. The van der Waals surface area contributed by atoms with E-state index in [1.54, 1.807) is 18.3 Å². The Kier molecular flexibility index (Phi) is 8.86. The maximum Gasteiger partial charge on any atom is 0.319 e. The standard InChI is InChI=1S/C39H47ClFN7O4S/c1-37(2,3)31-26(40)16-27-25(18-43-48(27)28-8-5-6-14-51-28)29(31)32-33-24(9-11-42-32)30-34(46-13-15-50-21-38(4,49)20-46)44-36(45-35(30)53-33)52-22-39-10-7-12-47(39)19-23(41)17-39/h9,11,16,18,23,28,49H,5-8,10,12-15,17,19-22H2,1-4H3/t23-,28?,38+,39+/m1/s1. The molecule has 0 aliphatic carbocycles. The maximum absolute atomic E-state index is 14.7. The van der Waals surface area contributed by atoms with Crippen LogP contribution >= 0.6 is 22.9 Å². The van der Waals surface area contributed by atoms with Gasteiger partial charge in [0.15, 0.2) is 6.23 Å². The third-order valence-corrected chi connectivity index (χ3v) is 12.9. The van der Waals surface area contributed by atoms with Crippen LogP contribution in [0.5, 0.6) is 6.01 Å². The second-order valence-corrected chi connectivity index (χ2v) is 18.1. The van der Waals surface area contributed by atoms with Crippen molar-refractivity contribution in [3.05, 3.63) is 35.1 Å². The zero-order valence-electron chi connectivity index (χ0n) is 30.8. The molecule has 4 atom stereocenters. The first-order chi connectivity index (χ1) is 25.4. The molecule has 4 fully saturated rings. The highest BCUT2D eigenvalue weighted by Crippen LogP contribution is 2.49. The molecule has 8 heterocycles. The molecular formula is C39H47ClFN7O4S. The third-order valence-electron chi connectivity index (χ3n) is 11.5. The van der Waals surface area contributed by atoms with Crippen molar-refractivity contribution in [2.24, 2.45) is 0 Å². The molecule has 1 aromatic carbocycles. The number of ether oxygens (including phenoxy) is 3. The maximum atomic E-state index is 14.7. The van der Waals surface area contributed by atoms with Gasteiger partial charge in [-0.15, -0.1) is 11.3 Å². The summed E-state index contributed by atoms with van der Waals surface area (Å²) in [7, 11) is 0. The normalized spacial score (nSPS) is 27.3. The Morgan fingerprint density at radius 2 is 2.02 bits per heavy atom. The van der Waals surface area contributed by atoms with Crippen molar-refractivity contribution in [3.63, 3.8) is 0 Å². The average molecular weight is 764 g/mol. The van der Waals surface area contributed by atoms with Gasteiger partial charge in [-0.25, -0.2) is 9.07 Å². The molecule has 0 bridgehead atoms. The highest BCUT2D eigenvalue weighted by atomic mass is 35.5. The first kappa shape index (κ1) is 35.5. The number of aromatic nitrogens is 5. The van der Waals surface area contributed by atoms with Crippen LogP contribution in [0.4, 0.5) is 10.2 Å². The Bertz CT molecular complexity index is 2200. The summed E-state index contributed by atoms with van der Waals surface area (Å²) in [5.41, 5.74) is 1.89. The van der Waals surface area contributed by atoms with E-state index >= 15 is 0 Å². The van der Waals surface area contributed by atoms with E-state index in [1.807, 2.05) is 29.2 Å². The minimum absolute atomic E-state index is 0.152. The zero-order valence-corrected chi connectivity index (χ0v) is 32.4. The van der Waals surface area contributed by atoms with Crippen LogP contribution in [0.1, 0.15) is 78.0 Å². The van der Waals surface area contributed by atoms with Crippen LogP contribution in [0, 0.1) is 0 Å². The van der Waals surface area contributed by atoms with Gasteiger partial charge in [-0.2, -0.15) is 15.1 Å². The first-order valence-corrected chi connectivity index (χ1v) is 20.1. The van der Waals surface area contributed by atoms with Crippen molar-refractivity contribution in [2.75, 3.05) is 57.5 Å². The highest BCUT2D eigenvalue weighted by Gasteiger charge is 2.49. The molecule has 4 aromatic heterocycles. The Labute approximate surface area is 317 Å². The number of benzene rings is 1. The molecule has 4 aliphatic heterocycles. The number of fused-ring (bicyclic) bond motifs is 5. The van der Waals surface area contributed by atoms with E-state index in [0.717, 1.165) is 86.7 Å². The number of anilines is 1. The van der Waals surface area contributed by atoms with Crippen LogP contribution < -0.4 is 9.64 Å². The molecular weight excluding hydrogens is 717 g/mol. The number of nitrogens with zero attached hydrogens (tertiary/aromatic N) is 7. The average Bonchev–Trinajstić information content (AvgIpc) is 3.85. The van der Waals surface area contributed by atoms with Crippen molar-refractivity contribution in [3.8, 4) is 17.3 Å². The van der Waals surface area contributed by atoms with Crippen LogP contribution in [0.25, 0.3) is 42.5 Å². The lowest BCUT2D eigenvalue weighted by atomic mass is 9.81. The second kappa shape index (κ2) is 13.2. The van der Waals surface area contributed by atoms with Crippen LogP contribution in [0.15, 0.2) is 24.5 Å². The van der Waals surface area contributed by atoms with Crippen LogP contribution in [0.3, 0.4) is 0 Å².